The maximum absolute atomic E-state index is 5.60. The second-order valence-corrected chi connectivity index (χ2v) is 2.78. The minimum atomic E-state index is 0.355. The molecule has 0 aromatic rings. The Kier molecular flexibility index (Phi) is 3.12. The highest BCUT2D eigenvalue weighted by Crippen LogP contribution is 2.00. The first-order valence-electron chi connectivity index (χ1n) is 3.83. The molecule has 1 saturated heterocycles. The fraction of sp³-hybridized carbons (Fsp3) is 1.00. The summed E-state index contributed by atoms with van der Waals surface area (Å²) in [5.41, 5.74) is 0. The molecular weight excluding hydrogens is 128 g/mol. The lowest BCUT2D eigenvalue weighted by Gasteiger charge is -2.28. The summed E-state index contributed by atoms with van der Waals surface area (Å²) in [6, 6.07) is 0. The molecule has 2 N–H and O–H groups in total. The lowest BCUT2D eigenvalue weighted by Crippen LogP contribution is -2.47. The van der Waals surface area contributed by atoms with Gasteiger partial charge < -0.3 is 15.4 Å². The molecule has 0 radical (unpaired) electrons. The second kappa shape index (κ2) is 3.91. The molecule has 0 saturated carbocycles. The Bertz CT molecular complexity index is 95.6. The molecule has 1 aliphatic rings. The molecule has 3 heteroatoms. The van der Waals surface area contributed by atoms with Crippen molar-refractivity contribution in [3.63, 3.8) is 0 Å². The molecule has 0 aromatic carbocycles. The van der Waals surface area contributed by atoms with E-state index in [4.69, 9.17) is 4.74 Å². The predicted molar refractivity (Wildman–Crippen MR) is 41.1 cm³/mol. The zero-order valence-electron chi connectivity index (χ0n) is 6.68. The molecule has 1 rings (SSSR count). The van der Waals surface area contributed by atoms with Crippen molar-refractivity contribution in [2.75, 3.05) is 26.7 Å². The van der Waals surface area contributed by atoms with Gasteiger partial charge in [0.1, 0.15) is 0 Å². The van der Waals surface area contributed by atoms with Crippen molar-refractivity contribution in [1.82, 2.24) is 10.6 Å². The first kappa shape index (κ1) is 7.98. The minimum absolute atomic E-state index is 0.355. The second-order valence-electron chi connectivity index (χ2n) is 2.78. The molecule has 0 aliphatic carbocycles. The summed E-state index contributed by atoms with van der Waals surface area (Å²) in [4.78, 5) is 0. The van der Waals surface area contributed by atoms with Gasteiger partial charge in [0, 0.05) is 19.6 Å². The van der Waals surface area contributed by atoms with Crippen LogP contribution in [-0.4, -0.2) is 38.9 Å². The van der Waals surface area contributed by atoms with Crippen LogP contribution in [0.4, 0.5) is 0 Å². The van der Waals surface area contributed by atoms with Crippen LogP contribution in [-0.2, 0) is 4.74 Å². The fourth-order valence-electron chi connectivity index (χ4n) is 1.22. The summed E-state index contributed by atoms with van der Waals surface area (Å²) in [7, 11) is 1.95. The number of hydrogen-bond acceptors (Lipinski definition) is 3. The monoisotopic (exact) mass is 144 g/mol. The zero-order valence-corrected chi connectivity index (χ0v) is 6.68. The summed E-state index contributed by atoms with van der Waals surface area (Å²) in [6.45, 7) is 5.00. The molecule has 1 heterocycles. The van der Waals surface area contributed by atoms with Crippen LogP contribution < -0.4 is 10.6 Å². The van der Waals surface area contributed by atoms with Gasteiger partial charge in [0.15, 0.2) is 0 Å². The van der Waals surface area contributed by atoms with Crippen molar-refractivity contribution in [1.29, 1.82) is 0 Å². The smallest absolute Gasteiger partial charge is 0.0827 e. The zero-order chi connectivity index (χ0) is 7.40. The van der Waals surface area contributed by atoms with Gasteiger partial charge in [-0.25, -0.2) is 0 Å². The Hall–Kier alpha value is -0.120. The first-order valence-corrected chi connectivity index (χ1v) is 3.83. The maximum atomic E-state index is 5.60. The third-order valence-corrected chi connectivity index (χ3v) is 1.66. The van der Waals surface area contributed by atoms with Gasteiger partial charge >= 0.3 is 0 Å². The van der Waals surface area contributed by atoms with E-state index in [1.807, 2.05) is 7.05 Å². The Morgan fingerprint density at radius 1 is 1.60 bits per heavy atom. The fourth-order valence-corrected chi connectivity index (χ4v) is 1.22. The molecule has 1 fully saturated rings. The maximum Gasteiger partial charge on any atom is 0.0827 e. The summed E-state index contributed by atoms with van der Waals surface area (Å²) in [6.07, 6.45) is 0.723. The van der Waals surface area contributed by atoms with Gasteiger partial charge in [0.05, 0.1) is 12.2 Å². The van der Waals surface area contributed by atoms with Crippen LogP contribution in [0, 0.1) is 0 Å². The predicted octanol–water partition coefficient (Wildman–Crippen LogP) is -0.417. The molecule has 2 atom stereocenters. The minimum Gasteiger partial charge on any atom is -0.371 e. The van der Waals surface area contributed by atoms with Crippen molar-refractivity contribution in [2.45, 2.75) is 19.1 Å². The van der Waals surface area contributed by atoms with Gasteiger partial charge in [-0.3, -0.25) is 0 Å². The lowest BCUT2D eigenvalue weighted by molar-refractivity contribution is -0.0249. The van der Waals surface area contributed by atoms with Crippen LogP contribution in [0.15, 0.2) is 0 Å². The summed E-state index contributed by atoms with van der Waals surface area (Å²) < 4.78 is 5.60. The normalized spacial score (nSPS) is 34.2. The molecular formula is C7H16N2O. The Labute approximate surface area is 62.1 Å². The van der Waals surface area contributed by atoms with E-state index in [9.17, 15) is 0 Å². The van der Waals surface area contributed by atoms with Crippen molar-refractivity contribution in [3.8, 4) is 0 Å². The summed E-state index contributed by atoms with van der Waals surface area (Å²) in [5, 5.41) is 6.40. The molecule has 2 unspecified atom stereocenters. The van der Waals surface area contributed by atoms with Crippen LogP contribution in [0.3, 0.4) is 0 Å². The molecule has 0 amide bonds. The van der Waals surface area contributed by atoms with Crippen molar-refractivity contribution >= 4 is 0 Å². The average molecular weight is 144 g/mol. The SMILES string of the molecule is CNCC1CNCC(C)O1. The third kappa shape index (κ3) is 2.25. The van der Waals surface area contributed by atoms with E-state index in [0.29, 0.717) is 12.2 Å². The molecule has 0 spiro atoms. The van der Waals surface area contributed by atoms with Gasteiger partial charge in [-0.2, -0.15) is 0 Å². The van der Waals surface area contributed by atoms with E-state index in [1.165, 1.54) is 0 Å². The van der Waals surface area contributed by atoms with Gasteiger partial charge in [0.25, 0.3) is 0 Å². The van der Waals surface area contributed by atoms with Crippen molar-refractivity contribution < 1.29 is 4.74 Å². The number of nitrogens with one attached hydrogen (secondary N) is 2. The number of hydrogen-bond donors (Lipinski definition) is 2. The molecule has 1 aliphatic heterocycles. The van der Waals surface area contributed by atoms with E-state index in [-0.39, 0.29) is 0 Å². The molecule has 10 heavy (non-hydrogen) atoms. The van der Waals surface area contributed by atoms with Gasteiger partial charge in [0.2, 0.25) is 0 Å². The van der Waals surface area contributed by atoms with Crippen LogP contribution in [0.25, 0.3) is 0 Å². The number of likely N-dealkylation sites (N-methyl/N-ethyl adjacent to an activating group) is 1. The Balaban J connectivity index is 2.18. The molecule has 0 aromatic heterocycles. The number of ether oxygens (including phenoxy) is 1. The highest BCUT2D eigenvalue weighted by atomic mass is 16.5. The van der Waals surface area contributed by atoms with E-state index < -0.39 is 0 Å². The first-order chi connectivity index (χ1) is 4.83. The van der Waals surface area contributed by atoms with Crippen LogP contribution in [0.2, 0.25) is 0 Å². The van der Waals surface area contributed by atoms with Crippen LogP contribution in [0.5, 0.6) is 0 Å². The van der Waals surface area contributed by atoms with E-state index in [2.05, 4.69) is 17.6 Å². The quantitative estimate of drug-likeness (QED) is 0.552. The summed E-state index contributed by atoms with van der Waals surface area (Å²) in [5.74, 6) is 0. The van der Waals surface area contributed by atoms with E-state index in [1.54, 1.807) is 0 Å². The standard InChI is InChI=1S/C7H16N2O/c1-6-3-9-5-7(10-6)4-8-2/h6-9H,3-5H2,1-2H3. The lowest BCUT2D eigenvalue weighted by atomic mass is 10.2. The number of morpholine rings is 1. The summed E-state index contributed by atoms with van der Waals surface area (Å²) >= 11 is 0. The van der Waals surface area contributed by atoms with Crippen LogP contribution >= 0.6 is 0 Å². The highest BCUT2D eigenvalue weighted by Gasteiger charge is 2.16. The van der Waals surface area contributed by atoms with Gasteiger partial charge in [-0.05, 0) is 14.0 Å². The van der Waals surface area contributed by atoms with E-state index >= 15 is 0 Å². The van der Waals surface area contributed by atoms with Gasteiger partial charge in [-0.15, -0.1) is 0 Å². The largest absolute Gasteiger partial charge is 0.371 e. The van der Waals surface area contributed by atoms with Crippen molar-refractivity contribution in [2.24, 2.45) is 0 Å². The Morgan fingerprint density at radius 2 is 2.40 bits per heavy atom. The topological polar surface area (TPSA) is 33.3 Å². The molecule has 0 bridgehead atoms. The van der Waals surface area contributed by atoms with Crippen LogP contribution in [0.1, 0.15) is 6.92 Å². The number of rotatable bonds is 2. The third-order valence-electron chi connectivity index (χ3n) is 1.66. The van der Waals surface area contributed by atoms with Gasteiger partial charge in [-0.1, -0.05) is 0 Å². The highest BCUT2D eigenvalue weighted by molar-refractivity contribution is 4.72. The molecule has 60 valence electrons. The van der Waals surface area contributed by atoms with Crippen molar-refractivity contribution in [3.05, 3.63) is 0 Å². The Morgan fingerprint density at radius 3 is 3.00 bits per heavy atom. The molecule has 3 nitrogen and oxygen atoms in total. The average Bonchev–Trinajstić information content (AvgIpc) is 1.88. The van der Waals surface area contributed by atoms with E-state index in [0.717, 1.165) is 19.6 Å².